The van der Waals surface area contributed by atoms with Gasteiger partial charge in [-0.15, -0.1) is 0 Å². The summed E-state index contributed by atoms with van der Waals surface area (Å²) in [6.45, 7) is 1.86. The molecule has 0 fully saturated rings. The van der Waals surface area contributed by atoms with Crippen molar-refractivity contribution in [2.45, 2.75) is 6.92 Å². The van der Waals surface area contributed by atoms with Crippen molar-refractivity contribution in [3.05, 3.63) is 36.5 Å². The summed E-state index contributed by atoms with van der Waals surface area (Å²) in [5, 5.41) is 7.48. The Morgan fingerprint density at radius 2 is 2.00 bits per heavy atom. The highest BCUT2D eigenvalue weighted by atomic mass is 15.1. The fourth-order valence-corrected chi connectivity index (χ4v) is 1.06. The summed E-state index contributed by atoms with van der Waals surface area (Å²) in [5.74, 6) is 0.759. The Morgan fingerprint density at radius 1 is 1.08 bits per heavy atom. The molecule has 0 radical (unpaired) electrons. The molecule has 4 nitrogen and oxygen atoms in total. The molecule has 0 atom stereocenters. The van der Waals surface area contributed by atoms with Crippen LogP contribution in [0.2, 0.25) is 0 Å². The third kappa shape index (κ3) is 1.66. The van der Waals surface area contributed by atoms with E-state index in [9.17, 15) is 0 Å². The van der Waals surface area contributed by atoms with Gasteiger partial charge >= 0.3 is 0 Å². The summed E-state index contributed by atoms with van der Waals surface area (Å²) in [5.41, 5.74) is 1.84. The maximum absolute atomic E-state index is 4.26. The predicted octanol–water partition coefficient (Wildman–Crippen LogP) is 1.24. The molecule has 2 rings (SSSR count). The largest absolute Gasteiger partial charge is 0.242 e. The van der Waals surface area contributed by atoms with E-state index in [4.69, 9.17) is 0 Å². The minimum atomic E-state index is 0.759. The van der Waals surface area contributed by atoms with Crippen LogP contribution in [0.5, 0.6) is 0 Å². The first-order valence-electron chi connectivity index (χ1n) is 3.93. The standard InChI is InChI=1S/C9H8N4/c1-7-10-4-3-9(13-7)8-2-5-11-12-6-8/h2-6H,1H3. The third-order valence-electron chi connectivity index (χ3n) is 1.66. The van der Waals surface area contributed by atoms with Crippen LogP contribution in [0.25, 0.3) is 11.3 Å². The minimum Gasteiger partial charge on any atom is -0.242 e. The fourth-order valence-electron chi connectivity index (χ4n) is 1.06. The lowest BCUT2D eigenvalue weighted by molar-refractivity contribution is 1.02. The lowest BCUT2D eigenvalue weighted by Crippen LogP contribution is -1.90. The van der Waals surface area contributed by atoms with E-state index >= 15 is 0 Å². The van der Waals surface area contributed by atoms with Gasteiger partial charge in [0.1, 0.15) is 5.82 Å². The molecule has 0 amide bonds. The zero-order chi connectivity index (χ0) is 9.10. The van der Waals surface area contributed by atoms with Crippen LogP contribution >= 0.6 is 0 Å². The van der Waals surface area contributed by atoms with Crippen LogP contribution < -0.4 is 0 Å². The molecule has 2 aromatic heterocycles. The van der Waals surface area contributed by atoms with Gasteiger partial charge in [0.2, 0.25) is 0 Å². The highest BCUT2D eigenvalue weighted by molar-refractivity contribution is 5.56. The number of nitrogens with zero attached hydrogens (tertiary/aromatic N) is 4. The van der Waals surface area contributed by atoms with Gasteiger partial charge in [0.05, 0.1) is 18.1 Å². The van der Waals surface area contributed by atoms with Crippen LogP contribution in [0.3, 0.4) is 0 Å². The first-order chi connectivity index (χ1) is 6.36. The van der Waals surface area contributed by atoms with Crippen molar-refractivity contribution in [3.8, 4) is 11.3 Å². The number of hydrogen-bond acceptors (Lipinski definition) is 4. The van der Waals surface area contributed by atoms with Gasteiger partial charge in [-0.25, -0.2) is 9.97 Å². The molecule has 2 aromatic rings. The van der Waals surface area contributed by atoms with Crippen molar-refractivity contribution in [1.82, 2.24) is 20.2 Å². The Balaban J connectivity index is 2.48. The molecule has 0 saturated carbocycles. The van der Waals surface area contributed by atoms with E-state index in [0.717, 1.165) is 17.1 Å². The van der Waals surface area contributed by atoms with Gasteiger partial charge in [-0.3, -0.25) is 0 Å². The van der Waals surface area contributed by atoms with Crippen molar-refractivity contribution >= 4 is 0 Å². The molecule has 13 heavy (non-hydrogen) atoms. The Labute approximate surface area is 75.7 Å². The van der Waals surface area contributed by atoms with Crippen molar-refractivity contribution in [3.63, 3.8) is 0 Å². The minimum absolute atomic E-state index is 0.759. The van der Waals surface area contributed by atoms with Crippen LogP contribution in [-0.2, 0) is 0 Å². The van der Waals surface area contributed by atoms with Crippen LogP contribution in [0.1, 0.15) is 5.82 Å². The number of aryl methyl sites for hydroxylation is 1. The molecule has 0 N–H and O–H groups in total. The molecule has 0 aliphatic carbocycles. The van der Waals surface area contributed by atoms with E-state index < -0.39 is 0 Å². The number of hydrogen-bond donors (Lipinski definition) is 0. The van der Waals surface area contributed by atoms with Crippen LogP contribution in [0.15, 0.2) is 30.7 Å². The van der Waals surface area contributed by atoms with Gasteiger partial charge in [-0.2, -0.15) is 10.2 Å². The van der Waals surface area contributed by atoms with Crippen molar-refractivity contribution in [2.24, 2.45) is 0 Å². The summed E-state index contributed by atoms with van der Waals surface area (Å²) < 4.78 is 0. The van der Waals surface area contributed by atoms with E-state index in [1.807, 2.05) is 19.1 Å². The van der Waals surface area contributed by atoms with E-state index in [2.05, 4.69) is 20.2 Å². The Bertz CT molecular complexity index is 399. The molecule has 0 aliphatic rings. The van der Waals surface area contributed by atoms with E-state index in [-0.39, 0.29) is 0 Å². The van der Waals surface area contributed by atoms with Gasteiger partial charge in [0.15, 0.2) is 0 Å². The fraction of sp³-hybridized carbons (Fsp3) is 0.111. The van der Waals surface area contributed by atoms with E-state index in [1.54, 1.807) is 18.6 Å². The monoisotopic (exact) mass is 172 g/mol. The average Bonchev–Trinajstić information content (AvgIpc) is 2.19. The molecule has 0 aromatic carbocycles. The average molecular weight is 172 g/mol. The summed E-state index contributed by atoms with van der Waals surface area (Å²) in [7, 11) is 0. The first kappa shape index (κ1) is 7.79. The molecule has 2 heterocycles. The molecule has 0 unspecified atom stereocenters. The van der Waals surface area contributed by atoms with Crippen molar-refractivity contribution in [2.75, 3.05) is 0 Å². The lowest BCUT2D eigenvalue weighted by Gasteiger charge is -1.98. The highest BCUT2D eigenvalue weighted by Crippen LogP contribution is 2.12. The molecule has 4 heteroatoms. The smallest absolute Gasteiger partial charge is 0.125 e. The maximum Gasteiger partial charge on any atom is 0.125 e. The van der Waals surface area contributed by atoms with Crippen LogP contribution in [-0.4, -0.2) is 20.2 Å². The van der Waals surface area contributed by atoms with E-state index in [1.165, 1.54) is 0 Å². The third-order valence-corrected chi connectivity index (χ3v) is 1.66. The van der Waals surface area contributed by atoms with Gasteiger partial charge in [0.25, 0.3) is 0 Å². The quantitative estimate of drug-likeness (QED) is 0.649. The second-order valence-corrected chi connectivity index (χ2v) is 2.62. The van der Waals surface area contributed by atoms with Gasteiger partial charge < -0.3 is 0 Å². The molecule has 0 bridgehead atoms. The predicted molar refractivity (Wildman–Crippen MR) is 47.8 cm³/mol. The summed E-state index contributed by atoms with van der Waals surface area (Å²) in [6, 6.07) is 3.72. The van der Waals surface area contributed by atoms with E-state index in [0.29, 0.717) is 0 Å². The zero-order valence-corrected chi connectivity index (χ0v) is 7.18. The second-order valence-electron chi connectivity index (χ2n) is 2.62. The van der Waals surface area contributed by atoms with Crippen LogP contribution in [0.4, 0.5) is 0 Å². The number of rotatable bonds is 1. The lowest BCUT2D eigenvalue weighted by atomic mass is 10.2. The second kappa shape index (κ2) is 3.26. The number of aromatic nitrogens is 4. The first-order valence-corrected chi connectivity index (χ1v) is 3.93. The Kier molecular flexibility index (Phi) is 1.96. The van der Waals surface area contributed by atoms with Gasteiger partial charge in [-0.1, -0.05) is 0 Å². The molecule has 0 spiro atoms. The molecular formula is C9H8N4. The zero-order valence-electron chi connectivity index (χ0n) is 7.18. The summed E-state index contributed by atoms with van der Waals surface area (Å²) >= 11 is 0. The Morgan fingerprint density at radius 3 is 2.69 bits per heavy atom. The SMILES string of the molecule is Cc1nccc(-c2ccnnc2)n1. The molecular weight excluding hydrogens is 164 g/mol. The van der Waals surface area contributed by atoms with Crippen molar-refractivity contribution < 1.29 is 0 Å². The topological polar surface area (TPSA) is 51.6 Å². The van der Waals surface area contributed by atoms with Gasteiger partial charge in [0, 0.05) is 11.8 Å². The normalized spacial score (nSPS) is 9.92. The molecule has 64 valence electrons. The highest BCUT2D eigenvalue weighted by Gasteiger charge is 1.98. The molecule has 0 saturated heterocycles. The Hall–Kier alpha value is -1.84. The molecule has 0 aliphatic heterocycles. The maximum atomic E-state index is 4.26. The van der Waals surface area contributed by atoms with Gasteiger partial charge in [-0.05, 0) is 19.1 Å². The summed E-state index contributed by atoms with van der Waals surface area (Å²) in [4.78, 5) is 8.28. The van der Waals surface area contributed by atoms with Crippen LogP contribution in [0, 0.1) is 6.92 Å². The summed E-state index contributed by atoms with van der Waals surface area (Å²) in [6.07, 6.45) is 5.06. The van der Waals surface area contributed by atoms with Crippen molar-refractivity contribution in [1.29, 1.82) is 0 Å².